The Morgan fingerprint density at radius 3 is 2.63 bits per heavy atom. The largest absolute Gasteiger partial charge is 0.478 e. The van der Waals surface area contributed by atoms with Gasteiger partial charge in [-0.2, -0.15) is 10.2 Å². The van der Waals surface area contributed by atoms with E-state index < -0.39 is 11.8 Å². The van der Waals surface area contributed by atoms with Crippen LogP contribution in [0.1, 0.15) is 44.9 Å². The quantitative estimate of drug-likeness (QED) is 0.265. The molecule has 1 atom stereocenters. The fourth-order valence-corrected chi connectivity index (χ4v) is 5.58. The molecule has 1 N–H and O–H groups in total. The van der Waals surface area contributed by atoms with Crippen LogP contribution >= 0.6 is 0 Å². The normalized spacial score (nSPS) is 16.1. The van der Waals surface area contributed by atoms with Crippen molar-refractivity contribution in [2.24, 2.45) is 0 Å². The molecule has 0 amide bonds. The third kappa shape index (κ3) is 5.34. The molecule has 11 heteroatoms. The summed E-state index contributed by atoms with van der Waals surface area (Å²) in [5, 5.41) is 18.4. The van der Waals surface area contributed by atoms with Crippen molar-refractivity contribution >= 4 is 17.0 Å². The minimum absolute atomic E-state index is 0.000395. The number of halogens is 1. The summed E-state index contributed by atoms with van der Waals surface area (Å²) in [7, 11) is 0. The zero-order valence-corrected chi connectivity index (χ0v) is 23.1. The molecule has 3 aromatic heterocycles. The van der Waals surface area contributed by atoms with Crippen molar-refractivity contribution in [3.63, 3.8) is 0 Å². The Bertz CT molecular complexity index is 1880. The van der Waals surface area contributed by atoms with Gasteiger partial charge >= 0.3 is 5.97 Å². The van der Waals surface area contributed by atoms with E-state index in [1.807, 2.05) is 22.8 Å². The van der Waals surface area contributed by atoms with Crippen LogP contribution in [0.25, 0.3) is 16.9 Å². The lowest BCUT2D eigenvalue weighted by Gasteiger charge is -2.28. The summed E-state index contributed by atoms with van der Waals surface area (Å²) in [6, 6.07) is 16.7. The van der Waals surface area contributed by atoms with Crippen molar-refractivity contribution in [3.8, 4) is 17.8 Å². The van der Waals surface area contributed by atoms with E-state index in [2.05, 4.69) is 26.8 Å². The van der Waals surface area contributed by atoms with Gasteiger partial charge in [0.2, 0.25) is 5.88 Å². The molecule has 0 bridgehead atoms. The Balaban J connectivity index is 1.05. The lowest BCUT2D eigenvalue weighted by atomic mass is 10.1. The number of nitrogens with zero attached hydrogens (tertiary/aromatic N) is 6. The van der Waals surface area contributed by atoms with E-state index >= 15 is 0 Å². The van der Waals surface area contributed by atoms with Crippen LogP contribution in [0.4, 0.5) is 4.39 Å². The maximum Gasteiger partial charge on any atom is 0.335 e. The van der Waals surface area contributed by atoms with Gasteiger partial charge in [0.1, 0.15) is 24.1 Å². The van der Waals surface area contributed by atoms with Gasteiger partial charge in [-0.1, -0.05) is 12.1 Å². The molecular weight excluding hydrogens is 551 g/mol. The molecule has 0 radical (unpaired) electrons. The summed E-state index contributed by atoms with van der Waals surface area (Å²) in [5.74, 6) is 0.501. The van der Waals surface area contributed by atoms with E-state index in [1.165, 1.54) is 17.2 Å². The highest BCUT2D eigenvalue weighted by Crippen LogP contribution is 2.29. The summed E-state index contributed by atoms with van der Waals surface area (Å²) in [5.41, 5.74) is 4.81. The van der Waals surface area contributed by atoms with Crippen LogP contribution in [0, 0.1) is 17.1 Å². The van der Waals surface area contributed by atoms with E-state index in [4.69, 9.17) is 19.7 Å². The predicted octanol–water partition coefficient (Wildman–Crippen LogP) is 4.81. The van der Waals surface area contributed by atoms with Crippen molar-refractivity contribution in [2.45, 2.75) is 45.3 Å². The molecule has 0 saturated carbocycles. The minimum atomic E-state index is -0.960. The maximum absolute atomic E-state index is 14.2. The van der Waals surface area contributed by atoms with E-state index in [0.717, 1.165) is 43.0 Å². The van der Waals surface area contributed by atoms with Crippen molar-refractivity contribution in [1.29, 1.82) is 5.26 Å². The van der Waals surface area contributed by atoms with Crippen LogP contribution in [0.15, 0.2) is 67.0 Å². The monoisotopic (exact) mass is 578 g/mol. The lowest BCUT2D eigenvalue weighted by Crippen LogP contribution is -2.32. The first-order valence-corrected chi connectivity index (χ1v) is 14.0. The number of ether oxygens (including phenoxy) is 2. The zero-order valence-electron chi connectivity index (χ0n) is 23.1. The predicted molar refractivity (Wildman–Crippen MR) is 153 cm³/mol. The number of carbonyl (C=O) groups is 1. The number of aromatic nitrogens is 4. The average molecular weight is 579 g/mol. The number of imidazole rings is 1. The van der Waals surface area contributed by atoms with Crippen LogP contribution in [0.3, 0.4) is 0 Å². The van der Waals surface area contributed by atoms with E-state index in [1.54, 1.807) is 36.4 Å². The van der Waals surface area contributed by atoms with Gasteiger partial charge in [-0.05, 0) is 53.9 Å². The molecule has 5 heterocycles. The second kappa shape index (κ2) is 11.0. The molecule has 0 spiro atoms. The van der Waals surface area contributed by atoms with Crippen molar-refractivity contribution in [2.75, 3.05) is 6.61 Å². The Morgan fingerprint density at radius 1 is 1.12 bits per heavy atom. The third-order valence-corrected chi connectivity index (χ3v) is 7.94. The molecule has 2 aromatic carbocycles. The molecular formula is C32H27FN6O4. The zero-order chi connectivity index (χ0) is 29.5. The van der Waals surface area contributed by atoms with Gasteiger partial charge in [0.25, 0.3) is 0 Å². The van der Waals surface area contributed by atoms with Crippen LogP contribution < -0.4 is 4.74 Å². The molecule has 216 valence electrons. The molecule has 1 fully saturated rings. The Labute approximate surface area is 246 Å². The number of rotatable bonds is 9. The van der Waals surface area contributed by atoms with Gasteiger partial charge in [-0.15, -0.1) is 0 Å². The maximum atomic E-state index is 14.2. The van der Waals surface area contributed by atoms with Crippen molar-refractivity contribution < 1.29 is 23.8 Å². The van der Waals surface area contributed by atoms with Gasteiger partial charge in [0, 0.05) is 43.7 Å². The Kier molecular flexibility index (Phi) is 6.85. The summed E-state index contributed by atoms with van der Waals surface area (Å²) >= 11 is 0. The van der Waals surface area contributed by atoms with Gasteiger partial charge in [-0.25, -0.2) is 14.2 Å². The van der Waals surface area contributed by atoms with E-state index in [-0.39, 0.29) is 23.8 Å². The number of nitriles is 1. The molecule has 0 aliphatic carbocycles. The summed E-state index contributed by atoms with van der Waals surface area (Å²) in [6.07, 6.45) is 5.21. The molecule has 5 aromatic rings. The fourth-order valence-electron chi connectivity index (χ4n) is 5.58. The third-order valence-electron chi connectivity index (χ3n) is 7.94. The smallest absolute Gasteiger partial charge is 0.335 e. The molecule has 7 rings (SSSR count). The van der Waals surface area contributed by atoms with Crippen molar-refractivity contribution in [1.82, 2.24) is 24.0 Å². The van der Waals surface area contributed by atoms with Crippen LogP contribution in [-0.4, -0.2) is 47.8 Å². The topological polar surface area (TPSA) is 118 Å². The summed E-state index contributed by atoms with van der Waals surface area (Å²) in [6.45, 7) is 3.48. The van der Waals surface area contributed by atoms with Gasteiger partial charge in [-0.3, -0.25) is 4.90 Å². The highest BCUT2D eigenvalue weighted by molar-refractivity contribution is 5.92. The molecule has 1 saturated heterocycles. The standard InChI is InChI=1S/C32H27FN6O4/c33-26-10-20(12-34)4-5-22(26)19-43-31-3-1-2-29(36-31)38-15-23-13-37(14-24(23)16-38)18-30-35-27-7-6-21(32(40)41)11-28(27)39(30)17-25-8-9-42-25/h1-7,10-11,15-16,25H,8-9,13-14,17-19H2,(H,40,41)/t25-/m0/s1. The number of carboxylic acid groups (broad SMARTS) is 1. The first-order chi connectivity index (χ1) is 20.9. The average Bonchev–Trinajstić information content (AvgIpc) is 3.65. The second-order valence-corrected chi connectivity index (χ2v) is 10.8. The summed E-state index contributed by atoms with van der Waals surface area (Å²) < 4.78 is 29.8. The summed E-state index contributed by atoms with van der Waals surface area (Å²) in [4.78, 5) is 23.4. The second-order valence-electron chi connectivity index (χ2n) is 10.8. The first kappa shape index (κ1) is 26.8. The number of hydrogen-bond acceptors (Lipinski definition) is 7. The van der Waals surface area contributed by atoms with Gasteiger partial charge in [0.05, 0.1) is 47.4 Å². The minimum Gasteiger partial charge on any atom is -0.478 e. The van der Waals surface area contributed by atoms with Crippen LogP contribution in [0.5, 0.6) is 5.88 Å². The van der Waals surface area contributed by atoms with E-state index in [0.29, 0.717) is 30.4 Å². The highest BCUT2D eigenvalue weighted by Gasteiger charge is 2.26. The lowest BCUT2D eigenvalue weighted by molar-refractivity contribution is -0.0592. The molecule has 43 heavy (non-hydrogen) atoms. The Morgan fingerprint density at radius 2 is 1.93 bits per heavy atom. The van der Waals surface area contributed by atoms with Crippen LogP contribution in [0.2, 0.25) is 0 Å². The number of hydrogen-bond donors (Lipinski definition) is 1. The fraction of sp³-hybridized carbons (Fsp3) is 0.250. The number of benzene rings is 2. The first-order valence-electron chi connectivity index (χ1n) is 14.0. The molecule has 10 nitrogen and oxygen atoms in total. The number of aromatic carboxylic acids is 1. The SMILES string of the molecule is N#Cc1ccc(COc2cccc(-n3cc4c(c3)CN(Cc3nc5ccc(C(=O)O)cc5n3C[C@@H]3CCO3)C4)n2)c(F)c1. The Hall–Kier alpha value is -5.05. The molecule has 0 unspecified atom stereocenters. The number of fused-ring (bicyclic) bond motifs is 2. The van der Waals surface area contributed by atoms with Crippen LogP contribution in [-0.2, 0) is 37.5 Å². The number of carboxylic acids is 1. The van der Waals surface area contributed by atoms with Gasteiger partial charge in [0.15, 0.2) is 0 Å². The van der Waals surface area contributed by atoms with E-state index in [9.17, 15) is 14.3 Å². The molecule has 2 aliphatic rings. The highest BCUT2D eigenvalue weighted by atomic mass is 19.1. The number of pyridine rings is 1. The van der Waals surface area contributed by atoms with Crippen molar-refractivity contribution in [3.05, 3.63) is 106 Å². The molecule has 2 aliphatic heterocycles. The van der Waals surface area contributed by atoms with Gasteiger partial charge < -0.3 is 23.7 Å².